The van der Waals surface area contributed by atoms with Crippen LogP contribution in [-0.2, 0) is 4.74 Å². The van der Waals surface area contributed by atoms with Crippen LogP contribution < -0.4 is 10.6 Å². The van der Waals surface area contributed by atoms with Gasteiger partial charge in [-0.3, -0.25) is 0 Å². The first-order chi connectivity index (χ1) is 7.58. The lowest BCUT2D eigenvalue weighted by atomic mass is 10.2. The number of hydrogen-bond donors (Lipinski definition) is 2. The van der Waals surface area contributed by atoms with Crippen molar-refractivity contribution in [2.45, 2.75) is 58.8 Å². The van der Waals surface area contributed by atoms with E-state index in [0.717, 1.165) is 25.6 Å². The van der Waals surface area contributed by atoms with Gasteiger partial charge in [0.2, 0.25) is 0 Å². The topological polar surface area (TPSA) is 33.3 Å². The van der Waals surface area contributed by atoms with E-state index < -0.39 is 0 Å². The Hall–Kier alpha value is -0.120. The molecule has 3 nitrogen and oxygen atoms in total. The van der Waals surface area contributed by atoms with E-state index in [4.69, 9.17) is 4.74 Å². The third-order valence-electron chi connectivity index (χ3n) is 3.02. The molecule has 0 spiro atoms. The first kappa shape index (κ1) is 13.9. The Balaban J connectivity index is 1.99. The van der Waals surface area contributed by atoms with Crippen molar-refractivity contribution >= 4 is 0 Å². The van der Waals surface area contributed by atoms with Gasteiger partial charge in [-0.15, -0.1) is 0 Å². The lowest BCUT2D eigenvalue weighted by Gasteiger charge is -2.18. The van der Waals surface area contributed by atoms with Gasteiger partial charge in [-0.2, -0.15) is 0 Å². The fraction of sp³-hybridized carbons (Fsp3) is 1.00. The fourth-order valence-corrected chi connectivity index (χ4v) is 2.03. The average Bonchev–Trinajstić information content (AvgIpc) is 2.61. The summed E-state index contributed by atoms with van der Waals surface area (Å²) in [5, 5.41) is 7.00. The summed E-state index contributed by atoms with van der Waals surface area (Å²) in [5.74, 6) is 0.728. The van der Waals surface area contributed by atoms with Crippen molar-refractivity contribution in [1.82, 2.24) is 10.6 Å². The number of hydrogen-bond acceptors (Lipinski definition) is 3. The second-order valence-corrected chi connectivity index (χ2v) is 5.51. The number of nitrogens with one attached hydrogen (secondary N) is 2. The lowest BCUT2D eigenvalue weighted by molar-refractivity contribution is 0.0546. The van der Waals surface area contributed by atoms with Crippen LogP contribution in [0.4, 0.5) is 0 Å². The van der Waals surface area contributed by atoms with E-state index >= 15 is 0 Å². The summed E-state index contributed by atoms with van der Waals surface area (Å²) in [6.45, 7) is 12.0. The quantitative estimate of drug-likeness (QED) is 0.697. The van der Waals surface area contributed by atoms with Crippen LogP contribution in [-0.4, -0.2) is 37.9 Å². The molecule has 1 rings (SSSR count). The third kappa shape index (κ3) is 5.83. The van der Waals surface area contributed by atoms with Crippen LogP contribution >= 0.6 is 0 Å². The lowest BCUT2D eigenvalue weighted by Crippen LogP contribution is -2.41. The minimum absolute atomic E-state index is 0.433. The maximum absolute atomic E-state index is 5.77. The Morgan fingerprint density at radius 1 is 1.19 bits per heavy atom. The first-order valence-electron chi connectivity index (χ1n) is 6.67. The summed E-state index contributed by atoms with van der Waals surface area (Å²) in [6.07, 6.45) is 3.32. The van der Waals surface area contributed by atoms with Gasteiger partial charge in [0.1, 0.15) is 0 Å². The Morgan fingerprint density at radius 2 is 1.94 bits per heavy atom. The molecule has 16 heavy (non-hydrogen) atoms. The molecule has 0 aliphatic carbocycles. The van der Waals surface area contributed by atoms with E-state index in [2.05, 4.69) is 38.3 Å². The Morgan fingerprint density at radius 3 is 2.50 bits per heavy atom. The molecule has 1 aliphatic rings. The summed E-state index contributed by atoms with van der Waals surface area (Å²) < 4.78 is 5.77. The molecule has 0 aromatic carbocycles. The predicted molar refractivity (Wildman–Crippen MR) is 68.7 cm³/mol. The van der Waals surface area contributed by atoms with Crippen LogP contribution in [0.25, 0.3) is 0 Å². The van der Waals surface area contributed by atoms with Gasteiger partial charge in [0.05, 0.1) is 12.2 Å². The normalized spacial score (nSPS) is 27.6. The third-order valence-corrected chi connectivity index (χ3v) is 3.02. The van der Waals surface area contributed by atoms with E-state index in [1.165, 1.54) is 12.8 Å². The van der Waals surface area contributed by atoms with Gasteiger partial charge in [0.25, 0.3) is 0 Å². The molecule has 1 aliphatic heterocycles. The maximum Gasteiger partial charge on any atom is 0.0704 e. The molecule has 2 N–H and O–H groups in total. The van der Waals surface area contributed by atoms with Crippen LogP contribution in [0.1, 0.15) is 40.5 Å². The van der Waals surface area contributed by atoms with Crippen molar-refractivity contribution in [2.24, 2.45) is 5.92 Å². The van der Waals surface area contributed by atoms with Crippen LogP contribution in [0.3, 0.4) is 0 Å². The van der Waals surface area contributed by atoms with E-state index in [0.29, 0.717) is 18.2 Å². The summed E-state index contributed by atoms with van der Waals surface area (Å²) >= 11 is 0. The van der Waals surface area contributed by atoms with Crippen LogP contribution in [0.5, 0.6) is 0 Å². The molecule has 1 heterocycles. The van der Waals surface area contributed by atoms with Crippen molar-refractivity contribution in [3.8, 4) is 0 Å². The minimum atomic E-state index is 0.433. The maximum atomic E-state index is 5.77. The van der Waals surface area contributed by atoms with Crippen LogP contribution in [0, 0.1) is 5.92 Å². The highest BCUT2D eigenvalue weighted by Gasteiger charge is 2.21. The van der Waals surface area contributed by atoms with Gasteiger partial charge in [-0.1, -0.05) is 13.8 Å². The molecule has 0 aromatic rings. The van der Waals surface area contributed by atoms with Gasteiger partial charge in [-0.05, 0) is 39.2 Å². The van der Waals surface area contributed by atoms with Crippen LogP contribution in [0.15, 0.2) is 0 Å². The van der Waals surface area contributed by atoms with Gasteiger partial charge in [-0.25, -0.2) is 0 Å². The minimum Gasteiger partial charge on any atom is -0.374 e. The van der Waals surface area contributed by atoms with E-state index in [1.807, 2.05) is 0 Å². The monoisotopic (exact) mass is 228 g/mol. The highest BCUT2D eigenvalue weighted by Crippen LogP contribution is 2.18. The predicted octanol–water partition coefficient (Wildman–Crippen LogP) is 1.78. The second-order valence-electron chi connectivity index (χ2n) is 5.51. The van der Waals surface area contributed by atoms with Gasteiger partial charge in [0.15, 0.2) is 0 Å². The SMILES string of the molecule is CC(C)CNCC(C)NCC1CCC(C)O1. The van der Waals surface area contributed by atoms with Crippen molar-refractivity contribution in [2.75, 3.05) is 19.6 Å². The average molecular weight is 228 g/mol. The molecule has 3 heteroatoms. The molecule has 0 bridgehead atoms. The largest absolute Gasteiger partial charge is 0.374 e. The molecule has 0 amide bonds. The highest BCUT2D eigenvalue weighted by molar-refractivity contribution is 4.75. The zero-order valence-corrected chi connectivity index (χ0v) is 11.3. The molecule has 3 atom stereocenters. The summed E-state index contributed by atoms with van der Waals surface area (Å²) in [5.41, 5.74) is 0. The van der Waals surface area contributed by atoms with Gasteiger partial charge < -0.3 is 15.4 Å². The van der Waals surface area contributed by atoms with Crippen molar-refractivity contribution in [3.05, 3.63) is 0 Å². The summed E-state index contributed by atoms with van der Waals surface area (Å²) in [4.78, 5) is 0. The molecule has 1 saturated heterocycles. The standard InChI is InChI=1S/C13H28N2O/c1-10(2)7-14-8-11(3)15-9-13-6-5-12(4)16-13/h10-15H,5-9H2,1-4H3. The highest BCUT2D eigenvalue weighted by atomic mass is 16.5. The molecular weight excluding hydrogens is 200 g/mol. The zero-order chi connectivity index (χ0) is 12.0. The summed E-state index contributed by atoms with van der Waals surface area (Å²) in [6, 6.07) is 0.526. The number of ether oxygens (including phenoxy) is 1. The molecule has 1 fully saturated rings. The van der Waals surface area contributed by atoms with Gasteiger partial charge in [0, 0.05) is 19.1 Å². The van der Waals surface area contributed by atoms with E-state index in [-0.39, 0.29) is 0 Å². The molecule has 3 unspecified atom stereocenters. The molecule has 0 saturated carbocycles. The summed E-state index contributed by atoms with van der Waals surface area (Å²) in [7, 11) is 0. The zero-order valence-electron chi connectivity index (χ0n) is 11.3. The van der Waals surface area contributed by atoms with Crippen molar-refractivity contribution in [1.29, 1.82) is 0 Å². The molecular formula is C13H28N2O. The second kappa shape index (κ2) is 7.25. The molecule has 96 valence electrons. The Kier molecular flexibility index (Phi) is 6.32. The Labute approximate surface area is 100 Å². The van der Waals surface area contributed by atoms with E-state index in [9.17, 15) is 0 Å². The first-order valence-corrected chi connectivity index (χ1v) is 6.67. The van der Waals surface area contributed by atoms with Crippen molar-refractivity contribution in [3.63, 3.8) is 0 Å². The smallest absolute Gasteiger partial charge is 0.0704 e. The van der Waals surface area contributed by atoms with Crippen LogP contribution in [0.2, 0.25) is 0 Å². The van der Waals surface area contributed by atoms with Gasteiger partial charge >= 0.3 is 0 Å². The Bertz CT molecular complexity index is 185. The number of rotatable bonds is 7. The van der Waals surface area contributed by atoms with E-state index in [1.54, 1.807) is 0 Å². The fourth-order valence-electron chi connectivity index (χ4n) is 2.03. The van der Waals surface area contributed by atoms with Crippen molar-refractivity contribution < 1.29 is 4.74 Å². The molecule has 0 radical (unpaired) electrons. The molecule has 0 aromatic heterocycles.